The number of rotatable bonds is 17. The fourth-order valence-corrected chi connectivity index (χ4v) is 7.80. The Balaban J connectivity index is 1.05. The summed E-state index contributed by atoms with van der Waals surface area (Å²) in [7, 11) is 2.05. The van der Waals surface area contributed by atoms with Crippen molar-refractivity contribution in [1.82, 2.24) is 24.8 Å². The Labute approximate surface area is 349 Å². The van der Waals surface area contributed by atoms with Crippen molar-refractivity contribution in [1.29, 1.82) is 5.26 Å². The van der Waals surface area contributed by atoms with E-state index in [0.29, 0.717) is 53.3 Å². The predicted molar refractivity (Wildman–Crippen MR) is 229 cm³/mol. The molecular weight excluding hydrogens is 771 g/mol. The van der Waals surface area contributed by atoms with Crippen LogP contribution < -0.4 is 14.2 Å². The third-order valence-electron chi connectivity index (χ3n) is 10.6. The number of nitrogens with zero attached hydrogens (tertiary/aromatic N) is 5. The van der Waals surface area contributed by atoms with Gasteiger partial charge in [0.15, 0.2) is 0 Å². The Hall–Kier alpha value is -5.15. The number of likely N-dealkylation sites (N-methyl/N-ethyl adjacent to an activating group) is 1. The molecule has 0 bridgehead atoms. The Morgan fingerprint density at radius 1 is 0.914 bits per heavy atom. The highest BCUT2D eigenvalue weighted by atomic mass is 35.5. The van der Waals surface area contributed by atoms with Gasteiger partial charge in [0.2, 0.25) is 0 Å². The van der Waals surface area contributed by atoms with Crippen LogP contribution in [0.25, 0.3) is 22.2 Å². The van der Waals surface area contributed by atoms with E-state index in [4.69, 9.17) is 42.4 Å². The number of aromatic nitrogens is 3. The number of hydrogen-bond acceptors (Lipinski definition) is 9. The minimum Gasteiger partial charge on any atom is -0.493 e. The Morgan fingerprint density at radius 3 is 2.53 bits per heavy atom. The van der Waals surface area contributed by atoms with E-state index in [-0.39, 0.29) is 12.7 Å². The summed E-state index contributed by atoms with van der Waals surface area (Å²) in [6.07, 6.45) is 5.48. The first-order valence-corrected chi connectivity index (χ1v) is 20.4. The maximum atomic E-state index is 9.83. The van der Waals surface area contributed by atoms with Crippen LogP contribution in [0.15, 0.2) is 85.2 Å². The largest absolute Gasteiger partial charge is 0.493 e. The molecule has 2 N–H and O–H groups in total. The second-order valence-corrected chi connectivity index (χ2v) is 15.8. The molecule has 1 atom stereocenters. The van der Waals surface area contributed by atoms with Gasteiger partial charge in [-0.15, -0.1) is 0 Å². The number of likely N-dealkylation sites (tertiary alicyclic amines) is 1. The average Bonchev–Trinajstić information content (AvgIpc) is 3.83. The zero-order chi connectivity index (χ0) is 40.6. The number of fused-ring (bicyclic) bond motifs is 1. The second kappa shape index (κ2) is 19.1. The summed E-state index contributed by atoms with van der Waals surface area (Å²) in [4.78, 5) is 16.8. The third kappa shape index (κ3) is 10.3. The summed E-state index contributed by atoms with van der Waals surface area (Å²) in [5.41, 5.74) is 9.39. The van der Waals surface area contributed by atoms with E-state index in [0.717, 1.165) is 101 Å². The van der Waals surface area contributed by atoms with Gasteiger partial charge in [0, 0.05) is 73.8 Å². The highest BCUT2D eigenvalue weighted by Gasteiger charge is 2.20. The number of halogens is 2. The standard InChI is InChI=1S/C46H48Cl2N6O4/c1-30-34(7-4-8-38(30)39-9-5-10-43(31(39)2)56-18-6-15-54-17-13-37(55)27-54)29-58-45-22-44(57-28-33-19-32(23-49)24-50-25-33)35(20-40(45)48)26-53(3)16-14-46-51-41-12-11-36(47)21-42(41)52-46/h4-5,7-12,19-22,24-25,37,55H,6,13-18,26-29H2,1-3H3,(H,51,52). The van der Waals surface area contributed by atoms with Crippen LogP contribution in [0, 0.1) is 25.2 Å². The van der Waals surface area contributed by atoms with E-state index in [1.165, 1.54) is 6.20 Å². The van der Waals surface area contributed by atoms with Gasteiger partial charge in [0.05, 0.1) is 34.3 Å². The smallest absolute Gasteiger partial charge is 0.142 e. The van der Waals surface area contributed by atoms with Gasteiger partial charge in [0.25, 0.3) is 0 Å². The number of nitrogens with one attached hydrogen (secondary N) is 1. The van der Waals surface area contributed by atoms with Crippen molar-refractivity contribution >= 4 is 34.2 Å². The van der Waals surface area contributed by atoms with Crippen LogP contribution in [-0.2, 0) is 26.2 Å². The van der Waals surface area contributed by atoms with Gasteiger partial charge in [-0.05, 0) is 98.0 Å². The van der Waals surface area contributed by atoms with E-state index in [9.17, 15) is 10.4 Å². The van der Waals surface area contributed by atoms with Crippen LogP contribution in [0.4, 0.5) is 0 Å². The lowest BCUT2D eigenvalue weighted by Crippen LogP contribution is -2.24. The zero-order valence-electron chi connectivity index (χ0n) is 33.1. The molecule has 1 aliphatic heterocycles. The minimum absolute atomic E-state index is 0.207. The normalized spacial score (nSPS) is 14.3. The second-order valence-electron chi connectivity index (χ2n) is 15.0. The van der Waals surface area contributed by atoms with Crippen molar-refractivity contribution in [3.05, 3.63) is 134 Å². The minimum atomic E-state index is -0.207. The quantitative estimate of drug-likeness (QED) is 0.0869. The number of pyridine rings is 1. The number of aliphatic hydroxyl groups is 1. The number of ether oxygens (including phenoxy) is 3. The number of H-pyrrole nitrogens is 1. The first kappa shape index (κ1) is 41.0. The average molecular weight is 820 g/mol. The van der Waals surface area contributed by atoms with Crippen molar-refractivity contribution in [2.24, 2.45) is 0 Å². The number of nitriles is 1. The number of aromatic amines is 1. The van der Waals surface area contributed by atoms with Crippen molar-refractivity contribution in [3.63, 3.8) is 0 Å². The summed E-state index contributed by atoms with van der Waals surface area (Å²) in [6, 6.07) is 25.8. The van der Waals surface area contributed by atoms with Crippen LogP contribution in [0.5, 0.6) is 17.2 Å². The van der Waals surface area contributed by atoms with E-state index in [1.807, 2.05) is 49.5 Å². The van der Waals surface area contributed by atoms with Crippen LogP contribution >= 0.6 is 23.2 Å². The molecule has 0 radical (unpaired) electrons. The molecule has 12 heteroatoms. The van der Waals surface area contributed by atoms with Crippen LogP contribution in [0.3, 0.4) is 0 Å². The molecule has 2 aromatic heterocycles. The number of aliphatic hydroxyl groups excluding tert-OH is 1. The molecule has 1 unspecified atom stereocenters. The van der Waals surface area contributed by atoms with Gasteiger partial charge < -0.3 is 34.1 Å². The topological polar surface area (TPSA) is 120 Å². The lowest BCUT2D eigenvalue weighted by Gasteiger charge is -2.21. The zero-order valence-corrected chi connectivity index (χ0v) is 34.6. The Morgan fingerprint density at radius 2 is 1.72 bits per heavy atom. The van der Waals surface area contributed by atoms with Crippen molar-refractivity contribution in [3.8, 4) is 34.4 Å². The van der Waals surface area contributed by atoms with Crippen LogP contribution in [0.1, 0.15) is 52.0 Å². The molecule has 0 saturated carbocycles. The molecule has 3 heterocycles. The van der Waals surface area contributed by atoms with Crippen molar-refractivity contribution in [2.75, 3.05) is 39.8 Å². The maximum Gasteiger partial charge on any atom is 0.142 e. The van der Waals surface area contributed by atoms with Crippen LogP contribution in [0.2, 0.25) is 10.0 Å². The summed E-state index contributed by atoms with van der Waals surface area (Å²) in [6.45, 7) is 9.25. The first-order chi connectivity index (χ1) is 28.1. The fraction of sp³-hybridized carbons (Fsp3) is 0.326. The molecule has 1 aliphatic rings. The number of imidazole rings is 1. The molecule has 1 saturated heterocycles. The van der Waals surface area contributed by atoms with Crippen molar-refractivity contribution < 1.29 is 19.3 Å². The first-order valence-electron chi connectivity index (χ1n) is 19.6. The van der Waals surface area contributed by atoms with E-state index in [2.05, 4.69) is 63.9 Å². The molecule has 58 heavy (non-hydrogen) atoms. The molecule has 1 fully saturated rings. The molecule has 7 rings (SSSR count). The van der Waals surface area contributed by atoms with E-state index in [1.54, 1.807) is 12.3 Å². The molecule has 10 nitrogen and oxygen atoms in total. The van der Waals surface area contributed by atoms with Gasteiger partial charge in [-0.2, -0.15) is 5.26 Å². The lowest BCUT2D eigenvalue weighted by molar-refractivity contribution is 0.173. The van der Waals surface area contributed by atoms with E-state index >= 15 is 0 Å². The van der Waals surface area contributed by atoms with Gasteiger partial charge in [0.1, 0.15) is 42.4 Å². The Bertz CT molecular complexity index is 2410. The van der Waals surface area contributed by atoms with Crippen molar-refractivity contribution in [2.45, 2.75) is 59.0 Å². The monoisotopic (exact) mass is 818 g/mol. The summed E-state index contributed by atoms with van der Waals surface area (Å²) in [5, 5.41) is 20.4. The highest BCUT2D eigenvalue weighted by molar-refractivity contribution is 6.32. The Kier molecular flexibility index (Phi) is 13.5. The van der Waals surface area contributed by atoms with E-state index < -0.39 is 0 Å². The molecule has 0 amide bonds. The SMILES string of the molecule is Cc1c(COc2cc(OCc3cncc(C#N)c3)c(CN(C)CCc3nc4ccc(Cl)cc4[nH]3)cc2Cl)cccc1-c1cccc(OCCCN2CCC(O)C2)c1C. The molecular formula is C46H48Cl2N6O4. The van der Waals surface area contributed by atoms with Gasteiger partial charge >= 0.3 is 0 Å². The predicted octanol–water partition coefficient (Wildman–Crippen LogP) is 9.09. The van der Waals surface area contributed by atoms with Gasteiger partial charge in [-0.25, -0.2) is 4.98 Å². The fourth-order valence-electron chi connectivity index (χ4n) is 7.39. The number of β-amino-alcohol motifs (C(OH)–C–C–N with tert-alkyl or cyclic N) is 1. The van der Waals surface area contributed by atoms with Gasteiger partial charge in [-0.3, -0.25) is 4.98 Å². The third-order valence-corrected chi connectivity index (χ3v) is 11.2. The summed E-state index contributed by atoms with van der Waals surface area (Å²) in [5.74, 6) is 2.89. The number of hydrogen-bond donors (Lipinski definition) is 2. The van der Waals surface area contributed by atoms with Crippen LogP contribution in [-0.4, -0.2) is 75.8 Å². The summed E-state index contributed by atoms with van der Waals surface area (Å²) < 4.78 is 19.1. The molecule has 0 aliphatic carbocycles. The summed E-state index contributed by atoms with van der Waals surface area (Å²) >= 11 is 13.1. The molecule has 4 aromatic carbocycles. The maximum absolute atomic E-state index is 9.83. The molecule has 6 aromatic rings. The number of benzene rings is 4. The van der Waals surface area contributed by atoms with Gasteiger partial charge in [-0.1, -0.05) is 53.5 Å². The lowest BCUT2D eigenvalue weighted by atomic mass is 9.93. The highest BCUT2D eigenvalue weighted by Crippen LogP contribution is 2.37. The molecule has 0 spiro atoms. The molecule has 300 valence electrons.